The third-order valence-corrected chi connectivity index (χ3v) is 6.19. The van der Waals surface area contributed by atoms with Gasteiger partial charge in [0, 0.05) is 23.9 Å². The summed E-state index contributed by atoms with van der Waals surface area (Å²) in [6.07, 6.45) is 0. The van der Waals surface area contributed by atoms with E-state index in [1.165, 1.54) is 17.3 Å². The Balaban J connectivity index is 2.19. The number of thiocarbonyl (C=S) groups is 1. The van der Waals surface area contributed by atoms with Gasteiger partial charge in [-0.3, -0.25) is 0 Å². The maximum atomic E-state index is 5.57. The zero-order valence-electron chi connectivity index (χ0n) is 17.3. The fraction of sp³-hybridized carbons (Fsp3) is 0.500. The molecule has 0 aliphatic carbocycles. The molecule has 0 amide bonds. The van der Waals surface area contributed by atoms with Crippen molar-refractivity contribution in [2.24, 2.45) is 0 Å². The minimum Gasteiger partial charge on any atom is -0.352 e. The lowest BCUT2D eigenvalue weighted by atomic mass is 10.2. The monoisotopic (exact) mass is 435 g/mol. The Morgan fingerprint density at radius 1 is 1.00 bits per heavy atom. The molecule has 2 aromatic rings. The highest BCUT2D eigenvalue weighted by atomic mass is 32.2. The molecule has 0 aliphatic rings. The molecule has 1 aromatic heterocycles. The summed E-state index contributed by atoms with van der Waals surface area (Å²) in [6.45, 7) is 12.7. The molecule has 0 bridgehead atoms. The minimum atomic E-state index is 0.235. The fourth-order valence-corrected chi connectivity index (χ4v) is 4.63. The molecule has 0 spiro atoms. The van der Waals surface area contributed by atoms with Crippen LogP contribution in [-0.4, -0.2) is 36.6 Å². The largest absolute Gasteiger partial charge is 0.352 e. The fourth-order valence-electron chi connectivity index (χ4n) is 2.71. The van der Waals surface area contributed by atoms with Gasteiger partial charge in [-0.2, -0.15) is 15.0 Å². The third kappa shape index (κ3) is 7.22. The van der Waals surface area contributed by atoms with Gasteiger partial charge < -0.3 is 10.2 Å². The number of benzene rings is 1. The first kappa shape index (κ1) is 22.9. The number of hydrogen-bond donors (Lipinski definition) is 1. The Bertz CT molecular complexity index is 758. The molecule has 0 saturated heterocycles. The van der Waals surface area contributed by atoms with Crippen molar-refractivity contribution < 1.29 is 0 Å². The Hall–Kier alpha value is -1.38. The second-order valence-corrected chi connectivity index (χ2v) is 10.4. The molecule has 0 radical (unpaired) electrons. The molecular weight excluding hydrogens is 406 g/mol. The van der Waals surface area contributed by atoms with E-state index in [9.17, 15) is 0 Å². The Labute approximate surface area is 182 Å². The summed E-state index contributed by atoms with van der Waals surface area (Å²) >= 11 is 8.63. The van der Waals surface area contributed by atoms with Gasteiger partial charge in [-0.25, -0.2) is 0 Å². The molecule has 1 aromatic carbocycles. The van der Waals surface area contributed by atoms with E-state index in [0.29, 0.717) is 17.1 Å². The molecule has 0 saturated carbocycles. The van der Waals surface area contributed by atoms with E-state index in [1.807, 2.05) is 18.2 Å². The van der Waals surface area contributed by atoms with Crippen molar-refractivity contribution in [3.8, 4) is 0 Å². The van der Waals surface area contributed by atoms with Gasteiger partial charge in [-0.1, -0.05) is 42.5 Å². The summed E-state index contributed by atoms with van der Waals surface area (Å²) in [6, 6.07) is 11.1. The quantitative estimate of drug-likeness (QED) is 0.423. The highest BCUT2D eigenvalue weighted by Crippen LogP contribution is 2.28. The second-order valence-electron chi connectivity index (χ2n) is 7.26. The lowest BCUT2D eigenvalue weighted by Gasteiger charge is -2.31. The van der Waals surface area contributed by atoms with Crippen molar-refractivity contribution in [2.75, 3.05) is 10.2 Å². The molecule has 28 heavy (non-hydrogen) atoms. The van der Waals surface area contributed by atoms with Crippen molar-refractivity contribution in [1.82, 2.24) is 15.0 Å². The summed E-state index contributed by atoms with van der Waals surface area (Å²) in [5.41, 5.74) is 1.25. The number of thioether (sulfide) groups is 2. The van der Waals surface area contributed by atoms with E-state index in [2.05, 4.69) is 73.9 Å². The number of nitrogens with one attached hydrogen (secondary N) is 1. The molecule has 5 nitrogen and oxygen atoms in total. The summed E-state index contributed by atoms with van der Waals surface area (Å²) < 4.78 is 0.803. The molecule has 152 valence electrons. The van der Waals surface area contributed by atoms with Gasteiger partial charge in [0.2, 0.25) is 17.1 Å². The number of hydrogen-bond acceptors (Lipinski definition) is 8. The predicted molar refractivity (Wildman–Crippen MR) is 128 cm³/mol. The highest BCUT2D eigenvalue weighted by Gasteiger charge is 2.20. The summed E-state index contributed by atoms with van der Waals surface area (Å²) in [5, 5.41) is 3.93. The maximum absolute atomic E-state index is 5.57. The van der Waals surface area contributed by atoms with E-state index >= 15 is 0 Å². The maximum Gasteiger partial charge on any atom is 0.231 e. The van der Waals surface area contributed by atoms with Gasteiger partial charge in [0.25, 0.3) is 0 Å². The smallest absolute Gasteiger partial charge is 0.231 e. The molecule has 0 unspecified atom stereocenters. The zero-order chi connectivity index (χ0) is 20.7. The van der Waals surface area contributed by atoms with Crippen LogP contribution in [-0.2, 0) is 5.75 Å². The first-order valence-corrected chi connectivity index (χ1v) is 11.7. The molecule has 0 atom stereocenters. The van der Waals surface area contributed by atoms with E-state index in [-0.39, 0.29) is 18.1 Å². The Morgan fingerprint density at radius 2 is 1.64 bits per heavy atom. The average molecular weight is 436 g/mol. The first-order valence-electron chi connectivity index (χ1n) is 9.45. The topological polar surface area (TPSA) is 53.9 Å². The number of aromatic nitrogens is 3. The Kier molecular flexibility index (Phi) is 8.98. The Morgan fingerprint density at radius 3 is 2.21 bits per heavy atom. The van der Waals surface area contributed by atoms with Crippen molar-refractivity contribution in [3.63, 3.8) is 0 Å². The predicted octanol–water partition coefficient (Wildman–Crippen LogP) is 5.63. The van der Waals surface area contributed by atoms with Crippen LogP contribution in [0.4, 0.5) is 11.9 Å². The standard InChI is InChI=1S/C20H29N5S3/c1-13(2)21-17-22-18(25(14(3)4)15(5)6)24-19(23-17)28-20(26)27-12-16-10-8-7-9-11-16/h7-11,13-15H,12H2,1-6H3,(H,21,22,23,24). The lowest BCUT2D eigenvalue weighted by molar-refractivity contribution is 0.585. The summed E-state index contributed by atoms with van der Waals surface area (Å²) in [4.78, 5) is 16.1. The van der Waals surface area contributed by atoms with Crippen LogP contribution in [0.1, 0.15) is 47.1 Å². The molecule has 1 N–H and O–H groups in total. The second kappa shape index (κ2) is 11.0. The number of anilines is 2. The average Bonchev–Trinajstić information content (AvgIpc) is 2.59. The number of rotatable bonds is 8. The number of nitrogens with zero attached hydrogens (tertiary/aromatic N) is 4. The van der Waals surface area contributed by atoms with Crippen LogP contribution in [0, 0.1) is 0 Å². The van der Waals surface area contributed by atoms with Gasteiger partial charge in [-0.05, 0) is 58.9 Å². The normalized spacial score (nSPS) is 11.3. The van der Waals surface area contributed by atoms with Crippen molar-refractivity contribution in [3.05, 3.63) is 35.9 Å². The molecule has 0 aliphatic heterocycles. The van der Waals surface area contributed by atoms with Crippen molar-refractivity contribution >= 4 is 51.2 Å². The third-order valence-electron chi connectivity index (χ3n) is 3.74. The van der Waals surface area contributed by atoms with Gasteiger partial charge in [0.1, 0.15) is 3.53 Å². The summed E-state index contributed by atoms with van der Waals surface area (Å²) in [7, 11) is 0. The lowest BCUT2D eigenvalue weighted by Crippen LogP contribution is -2.38. The minimum absolute atomic E-state index is 0.235. The molecule has 8 heteroatoms. The molecule has 2 rings (SSSR count). The van der Waals surface area contributed by atoms with Crippen LogP contribution in [0.3, 0.4) is 0 Å². The van der Waals surface area contributed by atoms with E-state index in [1.54, 1.807) is 11.8 Å². The first-order chi connectivity index (χ1) is 13.3. The highest BCUT2D eigenvalue weighted by molar-refractivity contribution is 8.46. The molecule has 1 heterocycles. The van der Waals surface area contributed by atoms with E-state index < -0.39 is 0 Å². The van der Waals surface area contributed by atoms with Crippen LogP contribution in [0.25, 0.3) is 0 Å². The summed E-state index contributed by atoms with van der Waals surface area (Å²) in [5.74, 6) is 2.11. The van der Waals surface area contributed by atoms with Gasteiger partial charge in [-0.15, -0.1) is 11.8 Å². The van der Waals surface area contributed by atoms with E-state index in [0.717, 1.165) is 9.28 Å². The van der Waals surface area contributed by atoms with Crippen molar-refractivity contribution in [1.29, 1.82) is 0 Å². The van der Waals surface area contributed by atoms with Crippen LogP contribution >= 0.6 is 35.7 Å². The SMILES string of the molecule is CC(C)Nc1nc(SC(=S)SCc2ccccc2)nc(N(C(C)C)C(C)C)n1. The van der Waals surface area contributed by atoms with Crippen LogP contribution in [0.5, 0.6) is 0 Å². The van der Waals surface area contributed by atoms with Gasteiger partial charge in [0.15, 0.2) is 0 Å². The van der Waals surface area contributed by atoms with Crippen LogP contribution in [0.2, 0.25) is 0 Å². The van der Waals surface area contributed by atoms with Gasteiger partial charge in [0.05, 0.1) is 0 Å². The van der Waals surface area contributed by atoms with Gasteiger partial charge >= 0.3 is 0 Å². The van der Waals surface area contributed by atoms with E-state index in [4.69, 9.17) is 17.2 Å². The zero-order valence-corrected chi connectivity index (χ0v) is 19.8. The van der Waals surface area contributed by atoms with Crippen molar-refractivity contribution in [2.45, 2.75) is 70.6 Å². The molecule has 0 fully saturated rings. The van der Waals surface area contributed by atoms with Crippen LogP contribution in [0.15, 0.2) is 35.5 Å². The molecular formula is C20H29N5S3. The van der Waals surface area contributed by atoms with Crippen LogP contribution < -0.4 is 10.2 Å².